The van der Waals surface area contributed by atoms with E-state index in [1.54, 1.807) is 7.05 Å². The first-order chi connectivity index (χ1) is 13.8. The van der Waals surface area contributed by atoms with E-state index < -0.39 is 0 Å². The monoisotopic (exact) mass is 506 g/mol. The van der Waals surface area contributed by atoms with Crippen molar-refractivity contribution in [2.75, 3.05) is 20.2 Å². The number of rotatable bonds is 7. The third-order valence-corrected chi connectivity index (χ3v) is 4.93. The zero-order chi connectivity index (χ0) is 19.2. The quantitative estimate of drug-likeness (QED) is 0.223. The van der Waals surface area contributed by atoms with Crippen LogP contribution in [0.3, 0.4) is 0 Å². The molecular weight excluding hydrogens is 479 g/mol. The van der Waals surface area contributed by atoms with Crippen LogP contribution in [-0.2, 0) is 19.5 Å². The molecule has 29 heavy (non-hydrogen) atoms. The average molecular weight is 506 g/mol. The molecule has 1 aliphatic heterocycles. The standard InChI is InChI=1S/C21H26N6O.HI/c1-22-21(24-15-20-26-25-19-8-4-12-27(19)20)23-11-5-13-28-18-10-9-16-6-2-3-7-17(16)14-18;/h2-3,6-7,9-10,14H,4-5,8,11-13,15H2,1H3,(H2,22,23,24);1H. The molecular formula is C21H27IN6O. The first-order valence-electron chi connectivity index (χ1n) is 9.80. The molecule has 0 amide bonds. The Morgan fingerprint density at radius 2 is 2.00 bits per heavy atom. The Labute approximate surface area is 188 Å². The fourth-order valence-electron chi connectivity index (χ4n) is 3.45. The molecule has 154 valence electrons. The Morgan fingerprint density at radius 3 is 2.86 bits per heavy atom. The number of hydrogen-bond donors (Lipinski definition) is 2. The highest BCUT2D eigenvalue weighted by Crippen LogP contribution is 2.20. The maximum atomic E-state index is 5.88. The molecule has 7 nitrogen and oxygen atoms in total. The van der Waals surface area contributed by atoms with Gasteiger partial charge in [0.2, 0.25) is 0 Å². The van der Waals surface area contributed by atoms with E-state index >= 15 is 0 Å². The van der Waals surface area contributed by atoms with Crippen molar-refractivity contribution in [3.05, 3.63) is 54.1 Å². The number of aromatic nitrogens is 3. The van der Waals surface area contributed by atoms with Gasteiger partial charge in [-0.25, -0.2) is 0 Å². The number of fused-ring (bicyclic) bond motifs is 2. The van der Waals surface area contributed by atoms with Gasteiger partial charge in [0, 0.05) is 26.6 Å². The van der Waals surface area contributed by atoms with Gasteiger partial charge in [-0.3, -0.25) is 4.99 Å². The van der Waals surface area contributed by atoms with Crippen LogP contribution >= 0.6 is 24.0 Å². The topological polar surface area (TPSA) is 76.4 Å². The predicted octanol–water partition coefficient (Wildman–Crippen LogP) is 3.13. The number of aryl methyl sites for hydroxylation is 1. The Balaban J connectivity index is 0.00000240. The van der Waals surface area contributed by atoms with Crippen molar-refractivity contribution in [2.24, 2.45) is 4.99 Å². The first kappa shape index (κ1) is 21.4. The molecule has 2 aromatic carbocycles. The minimum absolute atomic E-state index is 0. The van der Waals surface area contributed by atoms with Crippen LogP contribution in [0.4, 0.5) is 0 Å². The molecule has 3 aromatic rings. The van der Waals surface area contributed by atoms with Crippen molar-refractivity contribution in [1.29, 1.82) is 0 Å². The number of hydrogen-bond acceptors (Lipinski definition) is 4. The zero-order valence-corrected chi connectivity index (χ0v) is 18.9. The lowest BCUT2D eigenvalue weighted by atomic mass is 10.1. The summed E-state index contributed by atoms with van der Waals surface area (Å²) >= 11 is 0. The number of halogens is 1. The van der Waals surface area contributed by atoms with E-state index in [0.717, 1.165) is 55.7 Å². The van der Waals surface area contributed by atoms with Gasteiger partial charge in [0.15, 0.2) is 11.8 Å². The Hall–Kier alpha value is -2.36. The maximum Gasteiger partial charge on any atom is 0.191 e. The van der Waals surface area contributed by atoms with E-state index in [4.69, 9.17) is 4.74 Å². The van der Waals surface area contributed by atoms with E-state index in [2.05, 4.69) is 54.7 Å². The summed E-state index contributed by atoms with van der Waals surface area (Å²) in [6.07, 6.45) is 3.06. The van der Waals surface area contributed by atoms with Gasteiger partial charge in [-0.1, -0.05) is 30.3 Å². The molecule has 0 radical (unpaired) electrons. The van der Waals surface area contributed by atoms with Crippen LogP contribution in [0.1, 0.15) is 24.5 Å². The summed E-state index contributed by atoms with van der Waals surface area (Å²) in [7, 11) is 1.77. The first-order valence-corrected chi connectivity index (χ1v) is 9.80. The van der Waals surface area contributed by atoms with E-state index in [1.165, 1.54) is 10.8 Å². The van der Waals surface area contributed by atoms with Gasteiger partial charge in [-0.05, 0) is 35.7 Å². The summed E-state index contributed by atoms with van der Waals surface area (Å²) in [5, 5.41) is 17.5. The molecule has 0 fully saturated rings. The van der Waals surface area contributed by atoms with Crippen molar-refractivity contribution < 1.29 is 4.74 Å². The SMILES string of the molecule is CN=C(NCCCOc1ccc2ccccc2c1)NCc1nnc2n1CCC2.I. The van der Waals surface area contributed by atoms with Crippen LogP contribution in [0.15, 0.2) is 47.5 Å². The van der Waals surface area contributed by atoms with Gasteiger partial charge in [-0.2, -0.15) is 0 Å². The second-order valence-corrected chi connectivity index (χ2v) is 6.85. The highest BCUT2D eigenvalue weighted by Gasteiger charge is 2.16. The fourth-order valence-corrected chi connectivity index (χ4v) is 3.45. The van der Waals surface area contributed by atoms with Gasteiger partial charge in [0.1, 0.15) is 11.6 Å². The molecule has 0 bridgehead atoms. The van der Waals surface area contributed by atoms with Crippen LogP contribution in [-0.4, -0.2) is 40.9 Å². The molecule has 1 aliphatic rings. The molecule has 0 aliphatic carbocycles. The van der Waals surface area contributed by atoms with Gasteiger partial charge in [-0.15, -0.1) is 34.2 Å². The zero-order valence-electron chi connectivity index (χ0n) is 16.6. The van der Waals surface area contributed by atoms with Crippen LogP contribution in [0.25, 0.3) is 10.8 Å². The molecule has 4 rings (SSSR count). The molecule has 8 heteroatoms. The minimum atomic E-state index is 0. The van der Waals surface area contributed by atoms with Crippen LogP contribution in [0, 0.1) is 0 Å². The smallest absolute Gasteiger partial charge is 0.191 e. The average Bonchev–Trinajstić information content (AvgIpc) is 3.34. The molecule has 2 N–H and O–H groups in total. The number of aliphatic imine (C=N–C) groups is 1. The maximum absolute atomic E-state index is 5.88. The Kier molecular flexibility index (Phi) is 7.68. The van der Waals surface area contributed by atoms with Gasteiger partial charge < -0.3 is 19.9 Å². The van der Waals surface area contributed by atoms with Crippen LogP contribution < -0.4 is 15.4 Å². The Bertz CT molecular complexity index is 971. The summed E-state index contributed by atoms with van der Waals surface area (Å²) in [5.41, 5.74) is 0. The molecule has 1 aromatic heterocycles. The molecule has 0 unspecified atom stereocenters. The summed E-state index contributed by atoms with van der Waals surface area (Å²) in [5.74, 6) is 3.73. The highest BCUT2D eigenvalue weighted by molar-refractivity contribution is 14.0. The van der Waals surface area contributed by atoms with Crippen molar-refractivity contribution in [3.63, 3.8) is 0 Å². The summed E-state index contributed by atoms with van der Waals surface area (Å²) in [6, 6.07) is 14.5. The summed E-state index contributed by atoms with van der Waals surface area (Å²) in [6.45, 7) is 3.07. The molecule has 0 saturated heterocycles. The molecule has 0 spiro atoms. The number of benzene rings is 2. The van der Waals surface area contributed by atoms with Crippen molar-refractivity contribution in [2.45, 2.75) is 32.4 Å². The summed E-state index contributed by atoms with van der Waals surface area (Å²) in [4.78, 5) is 4.27. The van der Waals surface area contributed by atoms with Crippen molar-refractivity contribution in [1.82, 2.24) is 25.4 Å². The van der Waals surface area contributed by atoms with Gasteiger partial charge in [0.25, 0.3) is 0 Å². The third-order valence-electron chi connectivity index (χ3n) is 4.93. The normalized spacial score (nSPS) is 13.1. The minimum Gasteiger partial charge on any atom is -0.494 e. The fraction of sp³-hybridized carbons (Fsp3) is 0.381. The second kappa shape index (κ2) is 10.4. The predicted molar refractivity (Wildman–Crippen MR) is 126 cm³/mol. The number of nitrogens with one attached hydrogen (secondary N) is 2. The molecule has 2 heterocycles. The largest absolute Gasteiger partial charge is 0.494 e. The van der Waals surface area contributed by atoms with Gasteiger partial charge >= 0.3 is 0 Å². The van der Waals surface area contributed by atoms with Crippen molar-refractivity contribution >= 4 is 40.7 Å². The number of ether oxygens (including phenoxy) is 1. The lowest BCUT2D eigenvalue weighted by molar-refractivity contribution is 0.311. The van der Waals surface area contributed by atoms with E-state index in [0.29, 0.717) is 13.2 Å². The third kappa shape index (κ3) is 5.37. The highest BCUT2D eigenvalue weighted by atomic mass is 127. The molecule has 0 saturated carbocycles. The number of guanidine groups is 1. The van der Waals surface area contributed by atoms with Crippen LogP contribution in [0.5, 0.6) is 5.75 Å². The lowest BCUT2D eigenvalue weighted by Crippen LogP contribution is -2.38. The second-order valence-electron chi connectivity index (χ2n) is 6.85. The van der Waals surface area contributed by atoms with E-state index in [-0.39, 0.29) is 24.0 Å². The van der Waals surface area contributed by atoms with E-state index in [9.17, 15) is 0 Å². The Morgan fingerprint density at radius 1 is 1.14 bits per heavy atom. The van der Waals surface area contributed by atoms with Crippen LogP contribution in [0.2, 0.25) is 0 Å². The van der Waals surface area contributed by atoms with E-state index in [1.807, 2.05) is 18.2 Å². The lowest BCUT2D eigenvalue weighted by Gasteiger charge is -2.12. The van der Waals surface area contributed by atoms with Crippen molar-refractivity contribution in [3.8, 4) is 5.75 Å². The molecule has 0 atom stereocenters. The van der Waals surface area contributed by atoms with Gasteiger partial charge in [0.05, 0.1) is 13.2 Å². The number of nitrogens with zero attached hydrogens (tertiary/aromatic N) is 4. The summed E-state index contributed by atoms with van der Waals surface area (Å²) < 4.78 is 8.07.